The standard InChI is InChI=1S/C9H18N2OS/c1-13-7-3-2-6-11-8(12)9(10)4-5-9/h2-7,10H2,1H3,(H,11,12). The Morgan fingerprint density at radius 2 is 2.23 bits per heavy atom. The Labute approximate surface area is 83.8 Å². The summed E-state index contributed by atoms with van der Waals surface area (Å²) in [6.07, 6.45) is 6.02. The first-order valence-corrected chi connectivity index (χ1v) is 6.14. The van der Waals surface area contributed by atoms with Gasteiger partial charge in [-0.2, -0.15) is 11.8 Å². The van der Waals surface area contributed by atoms with Gasteiger partial charge in [-0.3, -0.25) is 4.79 Å². The highest BCUT2D eigenvalue weighted by Crippen LogP contribution is 2.31. The topological polar surface area (TPSA) is 55.1 Å². The molecule has 1 rings (SSSR count). The lowest BCUT2D eigenvalue weighted by Gasteiger charge is -2.09. The smallest absolute Gasteiger partial charge is 0.240 e. The van der Waals surface area contributed by atoms with Crippen LogP contribution in [0.5, 0.6) is 0 Å². The second kappa shape index (κ2) is 4.86. The molecule has 0 aromatic heterocycles. The van der Waals surface area contributed by atoms with Crippen LogP contribution in [0.3, 0.4) is 0 Å². The Morgan fingerprint density at radius 1 is 1.54 bits per heavy atom. The van der Waals surface area contributed by atoms with E-state index in [2.05, 4.69) is 11.6 Å². The van der Waals surface area contributed by atoms with Gasteiger partial charge in [0.25, 0.3) is 0 Å². The summed E-state index contributed by atoms with van der Waals surface area (Å²) >= 11 is 1.84. The normalized spacial score (nSPS) is 18.3. The van der Waals surface area contributed by atoms with Crippen LogP contribution in [-0.2, 0) is 4.79 Å². The molecule has 1 amide bonds. The Morgan fingerprint density at radius 3 is 2.77 bits per heavy atom. The molecule has 76 valence electrons. The van der Waals surface area contributed by atoms with Crippen LogP contribution >= 0.6 is 11.8 Å². The van der Waals surface area contributed by atoms with Gasteiger partial charge in [-0.15, -0.1) is 0 Å². The van der Waals surface area contributed by atoms with E-state index in [1.54, 1.807) is 0 Å². The molecule has 0 bridgehead atoms. The molecule has 0 radical (unpaired) electrons. The van der Waals surface area contributed by atoms with E-state index in [9.17, 15) is 4.79 Å². The van der Waals surface area contributed by atoms with Crippen molar-refractivity contribution in [1.29, 1.82) is 0 Å². The van der Waals surface area contributed by atoms with E-state index in [-0.39, 0.29) is 5.91 Å². The van der Waals surface area contributed by atoms with Crippen LogP contribution in [0.2, 0.25) is 0 Å². The monoisotopic (exact) mass is 202 g/mol. The van der Waals surface area contributed by atoms with Gasteiger partial charge in [0.2, 0.25) is 5.91 Å². The number of carbonyl (C=O) groups is 1. The highest BCUT2D eigenvalue weighted by molar-refractivity contribution is 7.98. The van der Waals surface area contributed by atoms with Crippen LogP contribution in [0, 0.1) is 0 Å². The number of thioether (sulfide) groups is 1. The molecule has 0 unspecified atom stereocenters. The molecule has 0 aliphatic heterocycles. The summed E-state index contributed by atoms with van der Waals surface area (Å²) < 4.78 is 0. The van der Waals surface area contributed by atoms with Crippen LogP contribution in [0.25, 0.3) is 0 Å². The summed E-state index contributed by atoms with van der Waals surface area (Å²) in [7, 11) is 0. The number of hydrogen-bond donors (Lipinski definition) is 2. The fourth-order valence-corrected chi connectivity index (χ4v) is 1.60. The van der Waals surface area contributed by atoms with Gasteiger partial charge in [-0.05, 0) is 37.7 Å². The first-order chi connectivity index (χ1) is 6.19. The molecule has 0 spiro atoms. The van der Waals surface area contributed by atoms with Crippen LogP contribution in [0.4, 0.5) is 0 Å². The van der Waals surface area contributed by atoms with Crippen molar-refractivity contribution in [3.05, 3.63) is 0 Å². The summed E-state index contributed by atoms with van der Waals surface area (Å²) in [4.78, 5) is 11.3. The summed E-state index contributed by atoms with van der Waals surface area (Å²) in [6, 6.07) is 0. The molecule has 0 saturated heterocycles. The van der Waals surface area contributed by atoms with E-state index in [1.165, 1.54) is 12.2 Å². The van der Waals surface area contributed by atoms with Gasteiger partial charge in [-0.25, -0.2) is 0 Å². The van der Waals surface area contributed by atoms with E-state index in [0.717, 1.165) is 25.8 Å². The maximum Gasteiger partial charge on any atom is 0.240 e. The van der Waals surface area contributed by atoms with Crippen LogP contribution in [0.15, 0.2) is 0 Å². The number of nitrogens with two attached hydrogens (primary N) is 1. The third-order valence-electron chi connectivity index (χ3n) is 2.30. The van der Waals surface area contributed by atoms with Crippen LogP contribution in [0.1, 0.15) is 25.7 Å². The van der Waals surface area contributed by atoms with Crippen molar-refractivity contribution in [2.24, 2.45) is 5.73 Å². The number of unbranched alkanes of at least 4 members (excludes halogenated alkanes) is 1. The fourth-order valence-electron chi connectivity index (χ4n) is 1.11. The van der Waals surface area contributed by atoms with Crippen molar-refractivity contribution in [2.45, 2.75) is 31.2 Å². The SMILES string of the molecule is CSCCCCNC(=O)C1(N)CC1. The summed E-state index contributed by atoms with van der Waals surface area (Å²) in [5.41, 5.74) is 5.21. The maximum absolute atomic E-state index is 11.3. The van der Waals surface area contributed by atoms with E-state index in [4.69, 9.17) is 5.73 Å². The van der Waals surface area contributed by atoms with Crippen molar-refractivity contribution >= 4 is 17.7 Å². The quantitative estimate of drug-likeness (QED) is 0.625. The largest absolute Gasteiger partial charge is 0.355 e. The summed E-state index contributed by atoms with van der Waals surface area (Å²) in [6.45, 7) is 0.776. The first kappa shape index (κ1) is 10.9. The Balaban J connectivity index is 1.96. The highest BCUT2D eigenvalue weighted by atomic mass is 32.2. The second-order valence-electron chi connectivity index (χ2n) is 3.61. The average Bonchev–Trinajstić information content (AvgIpc) is 2.84. The molecule has 3 N–H and O–H groups in total. The molecular formula is C9H18N2OS. The van der Waals surface area contributed by atoms with Crippen LogP contribution in [-0.4, -0.2) is 30.0 Å². The van der Waals surface area contributed by atoms with E-state index in [0.29, 0.717) is 0 Å². The molecule has 1 aliphatic rings. The lowest BCUT2D eigenvalue weighted by molar-refractivity contribution is -0.123. The fraction of sp³-hybridized carbons (Fsp3) is 0.889. The Kier molecular flexibility index (Phi) is 4.06. The average molecular weight is 202 g/mol. The molecule has 1 aliphatic carbocycles. The van der Waals surface area contributed by atoms with E-state index < -0.39 is 5.54 Å². The van der Waals surface area contributed by atoms with Gasteiger partial charge in [0.05, 0.1) is 5.54 Å². The molecule has 0 heterocycles. The third-order valence-corrected chi connectivity index (χ3v) is 3.00. The number of amides is 1. The molecule has 1 fully saturated rings. The summed E-state index contributed by atoms with van der Waals surface area (Å²) in [5.74, 6) is 1.21. The van der Waals surface area contributed by atoms with Crippen molar-refractivity contribution in [2.75, 3.05) is 18.6 Å². The van der Waals surface area contributed by atoms with Crippen molar-refractivity contribution < 1.29 is 4.79 Å². The zero-order valence-corrected chi connectivity index (χ0v) is 8.95. The highest BCUT2D eigenvalue weighted by Gasteiger charge is 2.45. The zero-order chi connectivity index (χ0) is 9.73. The molecular weight excluding hydrogens is 184 g/mol. The van der Waals surface area contributed by atoms with Gasteiger partial charge < -0.3 is 11.1 Å². The van der Waals surface area contributed by atoms with Gasteiger partial charge >= 0.3 is 0 Å². The Hall–Kier alpha value is -0.220. The van der Waals surface area contributed by atoms with Crippen molar-refractivity contribution in [3.8, 4) is 0 Å². The minimum Gasteiger partial charge on any atom is -0.355 e. The van der Waals surface area contributed by atoms with Gasteiger partial charge in [-0.1, -0.05) is 0 Å². The van der Waals surface area contributed by atoms with E-state index >= 15 is 0 Å². The van der Waals surface area contributed by atoms with Gasteiger partial charge in [0, 0.05) is 6.54 Å². The Bertz CT molecular complexity index is 180. The molecule has 0 atom stereocenters. The first-order valence-electron chi connectivity index (χ1n) is 4.75. The number of nitrogens with one attached hydrogen (secondary N) is 1. The van der Waals surface area contributed by atoms with Crippen molar-refractivity contribution in [1.82, 2.24) is 5.32 Å². The molecule has 3 nitrogen and oxygen atoms in total. The lowest BCUT2D eigenvalue weighted by atomic mass is 10.2. The number of rotatable bonds is 6. The molecule has 0 aromatic carbocycles. The van der Waals surface area contributed by atoms with Crippen molar-refractivity contribution in [3.63, 3.8) is 0 Å². The predicted octanol–water partition coefficient (Wildman–Crippen LogP) is 0.737. The molecule has 0 aromatic rings. The van der Waals surface area contributed by atoms with Gasteiger partial charge in [0.1, 0.15) is 0 Å². The van der Waals surface area contributed by atoms with E-state index in [1.807, 2.05) is 11.8 Å². The zero-order valence-electron chi connectivity index (χ0n) is 8.14. The maximum atomic E-state index is 11.3. The number of carbonyl (C=O) groups excluding carboxylic acids is 1. The minimum absolute atomic E-state index is 0.0386. The summed E-state index contributed by atoms with van der Waals surface area (Å²) in [5, 5.41) is 2.87. The lowest BCUT2D eigenvalue weighted by Crippen LogP contribution is -2.43. The van der Waals surface area contributed by atoms with Gasteiger partial charge in [0.15, 0.2) is 0 Å². The molecule has 4 heteroatoms. The predicted molar refractivity (Wildman–Crippen MR) is 56.8 cm³/mol. The van der Waals surface area contributed by atoms with Crippen LogP contribution < -0.4 is 11.1 Å². The number of hydrogen-bond acceptors (Lipinski definition) is 3. The second-order valence-corrected chi connectivity index (χ2v) is 4.60. The minimum atomic E-state index is -0.500. The molecule has 13 heavy (non-hydrogen) atoms. The molecule has 1 saturated carbocycles. The third kappa shape index (κ3) is 3.56.